The van der Waals surface area contributed by atoms with Crippen molar-refractivity contribution in [3.05, 3.63) is 162 Å². The second-order valence-corrected chi connectivity index (χ2v) is 14.1. The van der Waals surface area contributed by atoms with Crippen LogP contribution in [0.4, 0.5) is 37.7 Å². The molecule has 2 aliphatic carbocycles. The molecule has 7 aromatic carbocycles. The fourth-order valence-corrected chi connectivity index (χ4v) is 9.41. The fraction of sp³-hybridized carbons (Fsp3) is 0.111. The van der Waals surface area contributed by atoms with Gasteiger partial charge in [0.1, 0.15) is 0 Å². The van der Waals surface area contributed by atoms with Crippen molar-refractivity contribution in [3.63, 3.8) is 0 Å². The van der Waals surface area contributed by atoms with Crippen molar-refractivity contribution < 1.29 is 26.3 Å². The normalized spacial score (nSPS) is 20.5. The van der Waals surface area contributed by atoms with Gasteiger partial charge in [-0.2, -0.15) is 26.3 Å². The molecule has 258 valence electrons. The van der Waals surface area contributed by atoms with Crippen molar-refractivity contribution >= 4 is 65.5 Å². The summed E-state index contributed by atoms with van der Waals surface area (Å²) >= 11 is 0. The highest BCUT2D eigenvalue weighted by atomic mass is 19.3. The molecule has 2 nitrogen and oxygen atoms in total. The number of hydrogen-bond acceptors (Lipinski definition) is 1. The van der Waals surface area contributed by atoms with Crippen LogP contribution in [0.2, 0.25) is 0 Å². The van der Waals surface area contributed by atoms with Crippen LogP contribution < -0.4 is 4.90 Å². The second-order valence-electron chi connectivity index (χ2n) is 14.1. The Hall–Kier alpha value is -6.02. The van der Waals surface area contributed by atoms with Crippen LogP contribution in [0.3, 0.4) is 0 Å². The number of alkyl halides is 6. The largest absolute Gasteiger partial charge is 0.380 e. The summed E-state index contributed by atoms with van der Waals surface area (Å²) in [5.74, 6) is -15.8. The van der Waals surface area contributed by atoms with Gasteiger partial charge < -0.3 is 9.47 Å². The number of fused-ring (bicyclic) bond motifs is 16. The van der Waals surface area contributed by atoms with Crippen molar-refractivity contribution in [2.75, 3.05) is 4.90 Å². The van der Waals surface area contributed by atoms with Gasteiger partial charge in [0.2, 0.25) is 0 Å². The van der Waals surface area contributed by atoms with Gasteiger partial charge in [0.25, 0.3) is 0 Å². The summed E-state index contributed by atoms with van der Waals surface area (Å²) in [5, 5.41) is 3.89. The van der Waals surface area contributed by atoms with E-state index in [1.165, 1.54) is 24.3 Å². The average Bonchev–Trinajstić information content (AvgIpc) is 3.74. The van der Waals surface area contributed by atoms with Gasteiger partial charge in [0, 0.05) is 39.2 Å². The van der Waals surface area contributed by atoms with Crippen LogP contribution in [0.1, 0.15) is 22.6 Å². The third-order valence-corrected chi connectivity index (χ3v) is 11.5. The third kappa shape index (κ3) is 3.61. The Bertz CT molecular complexity index is 2960. The van der Waals surface area contributed by atoms with Crippen LogP contribution in [-0.4, -0.2) is 16.5 Å². The minimum atomic E-state index is -5.60. The van der Waals surface area contributed by atoms with Crippen molar-refractivity contribution in [2.24, 2.45) is 0 Å². The van der Waals surface area contributed by atoms with Crippen LogP contribution in [0.15, 0.2) is 146 Å². The summed E-state index contributed by atoms with van der Waals surface area (Å²) in [6.45, 7) is 0. The lowest BCUT2D eigenvalue weighted by Gasteiger charge is -2.29. The molecule has 0 saturated carbocycles. The molecule has 0 bridgehead atoms. The lowest BCUT2D eigenvalue weighted by atomic mass is 9.87. The van der Waals surface area contributed by atoms with Crippen LogP contribution in [-0.2, 0) is 11.8 Å². The number of hydrogen-bond donors (Lipinski definition) is 0. The van der Waals surface area contributed by atoms with Gasteiger partial charge in [-0.25, -0.2) is 0 Å². The highest BCUT2D eigenvalue weighted by Gasteiger charge is 2.80. The minimum absolute atomic E-state index is 0.0182. The van der Waals surface area contributed by atoms with Crippen LogP contribution in [0.25, 0.3) is 59.8 Å². The predicted molar refractivity (Wildman–Crippen MR) is 199 cm³/mol. The molecular weight excluding hydrogens is 682 g/mol. The number of para-hydroxylation sites is 2. The summed E-state index contributed by atoms with van der Waals surface area (Å²) < 4.78 is 94.4. The highest BCUT2D eigenvalue weighted by molar-refractivity contribution is 6.27. The Morgan fingerprint density at radius 1 is 0.491 bits per heavy atom. The van der Waals surface area contributed by atoms with Gasteiger partial charge in [0.15, 0.2) is 0 Å². The minimum Gasteiger partial charge on any atom is -0.332 e. The van der Waals surface area contributed by atoms with E-state index in [9.17, 15) is 0 Å². The molecule has 0 N–H and O–H groups in total. The van der Waals surface area contributed by atoms with Crippen molar-refractivity contribution in [2.45, 2.75) is 29.7 Å². The zero-order valence-electron chi connectivity index (χ0n) is 27.7. The molecule has 1 aliphatic heterocycles. The van der Waals surface area contributed by atoms with E-state index < -0.39 is 28.9 Å². The second kappa shape index (κ2) is 10.1. The lowest BCUT2D eigenvalue weighted by molar-refractivity contribution is -0.301. The molecule has 3 aliphatic rings. The molecule has 2 atom stereocenters. The van der Waals surface area contributed by atoms with E-state index in [4.69, 9.17) is 0 Å². The maximum Gasteiger partial charge on any atom is 0.380 e. The van der Waals surface area contributed by atoms with E-state index in [-0.39, 0.29) is 33.5 Å². The fourth-order valence-electron chi connectivity index (χ4n) is 9.41. The summed E-state index contributed by atoms with van der Waals surface area (Å²) in [5.41, 5.74) is 2.85. The molecule has 0 saturated heterocycles. The number of anilines is 2. The van der Waals surface area contributed by atoms with E-state index in [0.717, 1.165) is 49.5 Å². The summed E-state index contributed by atoms with van der Waals surface area (Å²) in [7, 11) is 0. The first-order valence-electron chi connectivity index (χ1n) is 17.4. The zero-order valence-corrected chi connectivity index (χ0v) is 27.7. The molecule has 8 aromatic rings. The Balaban J connectivity index is 1.32. The molecule has 11 rings (SSSR count). The molecule has 1 aromatic heterocycles. The van der Waals surface area contributed by atoms with Crippen LogP contribution in [0.5, 0.6) is 0 Å². The number of benzene rings is 7. The molecule has 2 heterocycles. The number of allylic oxidation sites excluding steroid dienone is 2. The van der Waals surface area contributed by atoms with Gasteiger partial charge >= 0.3 is 17.8 Å². The van der Waals surface area contributed by atoms with Gasteiger partial charge in [-0.3, -0.25) is 0 Å². The number of aromatic nitrogens is 1. The summed E-state index contributed by atoms with van der Waals surface area (Å²) in [4.78, 5) is 2.36. The first-order valence-corrected chi connectivity index (χ1v) is 17.4. The quantitative estimate of drug-likeness (QED) is 0.128. The smallest absolute Gasteiger partial charge is 0.332 e. The molecule has 0 fully saturated rings. The first kappa shape index (κ1) is 30.6. The molecule has 0 amide bonds. The number of rotatable bonds is 2. The summed E-state index contributed by atoms with van der Waals surface area (Å²) in [6, 6.07) is 36.8. The van der Waals surface area contributed by atoms with Crippen molar-refractivity contribution in [1.82, 2.24) is 4.57 Å². The molecule has 0 spiro atoms. The predicted octanol–water partition coefficient (Wildman–Crippen LogP) is 12.8. The van der Waals surface area contributed by atoms with E-state index in [2.05, 4.69) is 64.1 Å². The molecule has 0 radical (unpaired) electrons. The number of nitrogens with zero attached hydrogens (tertiary/aromatic N) is 2. The Labute approximate surface area is 298 Å². The van der Waals surface area contributed by atoms with E-state index in [1.807, 2.05) is 48.5 Å². The van der Waals surface area contributed by atoms with E-state index >= 15 is 26.3 Å². The maximum atomic E-state index is 15.7. The third-order valence-electron chi connectivity index (χ3n) is 11.5. The highest BCUT2D eigenvalue weighted by Crippen LogP contribution is 2.66. The van der Waals surface area contributed by atoms with Crippen LogP contribution >= 0.6 is 0 Å². The van der Waals surface area contributed by atoms with E-state index in [0.29, 0.717) is 5.69 Å². The maximum absolute atomic E-state index is 15.7. The van der Waals surface area contributed by atoms with Gasteiger partial charge in [0.05, 0.1) is 22.8 Å². The molecule has 8 heteroatoms. The zero-order chi connectivity index (χ0) is 36.0. The van der Waals surface area contributed by atoms with Gasteiger partial charge in [-0.05, 0) is 68.2 Å². The van der Waals surface area contributed by atoms with Crippen LogP contribution in [0, 0.1) is 0 Å². The topological polar surface area (TPSA) is 8.17 Å². The number of halogens is 6. The Morgan fingerprint density at radius 3 is 1.81 bits per heavy atom. The lowest BCUT2D eigenvalue weighted by Crippen LogP contribution is -2.43. The van der Waals surface area contributed by atoms with Gasteiger partial charge in [-0.1, -0.05) is 115 Å². The summed E-state index contributed by atoms with van der Waals surface area (Å²) in [6.07, 6.45) is 8.57. The standard InChI is InChI=1S/C45H26F6N2/c46-43(47)39-30-17-7-4-14-27(30)34-24-26(22-23-31(34)40(39)44(48,49)45(43,50)51)53-36-21-11-9-19-33(36)38-29-16-6-5-15-28(29)37-32-18-8-10-20-35(32)52(41(37)42(38)53)25-12-2-1-3-13-25/h1-24,32,35H. The monoisotopic (exact) mass is 708 g/mol. The molecule has 2 unspecified atom stereocenters. The van der Waals surface area contributed by atoms with Gasteiger partial charge in [-0.15, -0.1) is 0 Å². The molecular formula is C45H26F6N2. The van der Waals surface area contributed by atoms with Crippen molar-refractivity contribution in [1.29, 1.82) is 0 Å². The van der Waals surface area contributed by atoms with Crippen molar-refractivity contribution in [3.8, 4) is 5.69 Å². The van der Waals surface area contributed by atoms with E-state index in [1.54, 1.807) is 18.2 Å². The SMILES string of the molecule is FC1(F)c2c(c3ccc(-n4c5ccccc5c5c6ccccc6c6c(c54)N(c4ccccc4)C4C=CC=CC64)cc3c3ccccc23)C(F)(F)C1(F)F. The first-order chi connectivity index (χ1) is 25.6. The molecule has 53 heavy (non-hydrogen) atoms. The average molecular weight is 709 g/mol. The Morgan fingerprint density at radius 2 is 1.08 bits per heavy atom. The Kier molecular flexibility index (Phi) is 5.83.